The molecule has 3 N–H and O–H groups in total. The molecule has 23 heavy (non-hydrogen) atoms. The first kappa shape index (κ1) is 16.4. The number of urea groups is 1. The Morgan fingerprint density at radius 3 is 2.48 bits per heavy atom. The summed E-state index contributed by atoms with van der Waals surface area (Å²) in [6.45, 7) is 0.344. The third-order valence-corrected chi connectivity index (χ3v) is 3.31. The van der Waals surface area contributed by atoms with E-state index < -0.39 is 12.1 Å². The molecule has 0 aromatic heterocycles. The van der Waals surface area contributed by atoms with Crippen LogP contribution in [0, 0.1) is 0 Å². The number of carbonyl (C=O) groups is 3. The smallest absolute Gasteiger partial charge is 0.425 e. The zero-order chi connectivity index (χ0) is 16.8. The highest BCUT2D eigenvalue weighted by Gasteiger charge is 2.31. The Kier molecular flexibility index (Phi) is 5.23. The summed E-state index contributed by atoms with van der Waals surface area (Å²) in [5.41, 5.74) is 4.89. The van der Waals surface area contributed by atoms with Crippen LogP contribution in [0.5, 0.6) is 5.75 Å². The maximum Gasteiger partial charge on any atom is 0.425 e. The lowest BCUT2D eigenvalue weighted by Gasteiger charge is -2.17. The van der Waals surface area contributed by atoms with Crippen LogP contribution in [-0.2, 0) is 9.53 Å². The van der Waals surface area contributed by atoms with Crippen molar-refractivity contribution in [3.8, 4) is 5.75 Å². The van der Waals surface area contributed by atoms with Crippen LogP contribution in [-0.4, -0.2) is 44.8 Å². The van der Waals surface area contributed by atoms with Crippen molar-refractivity contribution >= 4 is 23.7 Å². The predicted octanol–water partition coefficient (Wildman–Crippen LogP) is 0.371. The number of carbonyl (C=O) groups excluding carboxylic acids is 3. The van der Waals surface area contributed by atoms with E-state index in [1.807, 2.05) is 5.43 Å². The second kappa shape index (κ2) is 7.34. The maximum atomic E-state index is 12.1. The van der Waals surface area contributed by atoms with Gasteiger partial charge in [-0.3, -0.25) is 4.79 Å². The average molecular weight is 322 g/mol. The number of anilines is 1. The number of rotatable bonds is 3. The molecule has 0 unspecified atom stereocenters. The second-order valence-corrected chi connectivity index (χ2v) is 4.82. The molecule has 1 heterocycles. The number of amides is 4. The van der Waals surface area contributed by atoms with Gasteiger partial charge in [0.15, 0.2) is 0 Å². The van der Waals surface area contributed by atoms with Gasteiger partial charge in [0.25, 0.3) is 0 Å². The molecule has 0 saturated carbocycles. The molecule has 0 bridgehead atoms. The number of hydrogen-bond acceptors (Lipinski definition) is 5. The lowest BCUT2D eigenvalue weighted by Crippen LogP contribution is -2.50. The normalized spacial score (nSPS) is 16.7. The number of benzene rings is 1. The van der Waals surface area contributed by atoms with Gasteiger partial charge in [-0.1, -0.05) is 0 Å². The summed E-state index contributed by atoms with van der Waals surface area (Å²) >= 11 is 0. The van der Waals surface area contributed by atoms with Crippen molar-refractivity contribution < 1.29 is 23.9 Å². The molecule has 124 valence electrons. The molecule has 4 amide bonds. The van der Waals surface area contributed by atoms with Gasteiger partial charge in [0.1, 0.15) is 5.75 Å². The molecule has 1 aromatic carbocycles. The van der Waals surface area contributed by atoms with Crippen molar-refractivity contribution in [1.29, 1.82) is 0 Å². The summed E-state index contributed by atoms with van der Waals surface area (Å²) in [6.07, 6.45) is -0.611. The molecule has 0 aliphatic carbocycles. The van der Waals surface area contributed by atoms with Crippen LogP contribution in [0.15, 0.2) is 24.3 Å². The van der Waals surface area contributed by atoms with E-state index in [9.17, 15) is 14.4 Å². The highest BCUT2D eigenvalue weighted by atomic mass is 16.5. The van der Waals surface area contributed by atoms with Crippen LogP contribution in [0.4, 0.5) is 15.3 Å². The van der Waals surface area contributed by atoms with E-state index in [-0.39, 0.29) is 18.4 Å². The Morgan fingerprint density at radius 1 is 1.17 bits per heavy atom. The number of methoxy groups -OCH3 is 2. The lowest BCUT2D eigenvalue weighted by molar-refractivity contribution is -0.117. The Morgan fingerprint density at radius 2 is 1.87 bits per heavy atom. The molecular weight excluding hydrogens is 304 g/mol. The van der Waals surface area contributed by atoms with Crippen LogP contribution >= 0.6 is 0 Å². The fraction of sp³-hybridized carbons (Fsp3) is 0.357. The third kappa shape index (κ3) is 4.25. The zero-order valence-corrected chi connectivity index (χ0v) is 12.8. The lowest BCUT2D eigenvalue weighted by atomic mass is 10.2. The topological polar surface area (TPSA) is 109 Å². The van der Waals surface area contributed by atoms with E-state index in [0.717, 1.165) is 5.69 Å². The van der Waals surface area contributed by atoms with E-state index in [2.05, 4.69) is 15.5 Å². The van der Waals surface area contributed by atoms with Gasteiger partial charge in [0.05, 0.1) is 20.3 Å². The van der Waals surface area contributed by atoms with Gasteiger partial charge in [0, 0.05) is 18.7 Å². The van der Waals surface area contributed by atoms with Gasteiger partial charge in [-0.05, 0) is 24.3 Å². The first-order valence-corrected chi connectivity index (χ1v) is 6.88. The fourth-order valence-corrected chi connectivity index (χ4v) is 2.20. The number of hydrazine groups is 1. The van der Waals surface area contributed by atoms with E-state index in [4.69, 9.17) is 4.74 Å². The molecule has 1 fully saturated rings. The number of ether oxygens (including phenoxy) is 2. The van der Waals surface area contributed by atoms with Crippen LogP contribution in [0.25, 0.3) is 0 Å². The molecule has 1 atom stereocenters. The van der Waals surface area contributed by atoms with Crippen LogP contribution in [0.1, 0.15) is 6.42 Å². The summed E-state index contributed by atoms with van der Waals surface area (Å²) in [5, 5.41) is 2.60. The minimum absolute atomic E-state index is 0.0959. The molecular formula is C14H18N4O5. The summed E-state index contributed by atoms with van der Waals surface area (Å²) in [4.78, 5) is 36.1. The van der Waals surface area contributed by atoms with Crippen LogP contribution in [0.2, 0.25) is 0 Å². The van der Waals surface area contributed by atoms with Crippen molar-refractivity contribution in [2.75, 3.05) is 25.7 Å². The standard InChI is InChI=1S/C14H18N4O5/c1-22-11-5-3-10(4-6-11)18-8-9(7-12(18)19)15-13(20)16-17-14(21)23-2/h3-6,9H,7-8H2,1-2H3,(H,17,21)(H2,15,16,20)/t9-/m0/s1. The molecule has 1 aliphatic rings. The van der Waals surface area contributed by atoms with E-state index in [1.54, 1.807) is 36.3 Å². The van der Waals surface area contributed by atoms with Crippen LogP contribution < -0.4 is 25.8 Å². The minimum atomic E-state index is -0.789. The summed E-state index contributed by atoms with van der Waals surface area (Å²) in [7, 11) is 2.74. The first-order valence-electron chi connectivity index (χ1n) is 6.88. The predicted molar refractivity (Wildman–Crippen MR) is 81.0 cm³/mol. The highest BCUT2D eigenvalue weighted by Crippen LogP contribution is 2.24. The van der Waals surface area contributed by atoms with Crippen LogP contribution in [0.3, 0.4) is 0 Å². The van der Waals surface area contributed by atoms with Gasteiger partial charge in [-0.15, -0.1) is 0 Å². The maximum absolute atomic E-state index is 12.1. The molecule has 0 spiro atoms. The number of nitrogens with one attached hydrogen (secondary N) is 3. The largest absolute Gasteiger partial charge is 0.497 e. The van der Waals surface area contributed by atoms with Crippen molar-refractivity contribution in [2.24, 2.45) is 0 Å². The number of hydrogen-bond donors (Lipinski definition) is 3. The van der Waals surface area contributed by atoms with E-state index in [1.165, 1.54) is 7.11 Å². The molecule has 1 aliphatic heterocycles. The summed E-state index contributed by atoms with van der Waals surface area (Å²) < 4.78 is 9.39. The first-order chi connectivity index (χ1) is 11.0. The van der Waals surface area contributed by atoms with Gasteiger partial charge in [0.2, 0.25) is 5.91 Å². The quantitative estimate of drug-likeness (QED) is 0.697. The Hall–Kier alpha value is -2.97. The molecule has 1 aromatic rings. The second-order valence-electron chi connectivity index (χ2n) is 4.82. The van der Waals surface area contributed by atoms with E-state index in [0.29, 0.717) is 12.3 Å². The van der Waals surface area contributed by atoms with Crippen molar-refractivity contribution in [3.63, 3.8) is 0 Å². The molecule has 9 heteroatoms. The SMILES string of the molecule is COC(=O)NNC(=O)N[C@H]1CC(=O)N(c2ccc(OC)cc2)C1. The minimum Gasteiger partial charge on any atom is -0.497 e. The van der Waals surface area contributed by atoms with Crippen molar-refractivity contribution in [1.82, 2.24) is 16.2 Å². The van der Waals surface area contributed by atoms with Gasteiger partial charge in [-0.2, -0.15) is 0 Å². The zero-order valence-electron chi connectivity index (χ0n) is 12.8. The third-order valence-electron chi connectivity index (χ3n) is 3.31. The molecule has 2 rings (SSSR count). The van der Waals surface area contributed by atoms with Gasteiger partial charge < -0.3 is 19.7 Å². The van der Waals surface area contributed by atoms with Gasteiger partial charge in [-0.25, -0.2) is 20.4 Å². The number of nitrogens with zero attached hydrogens (tertiary/aromatic N) is 1. The van der Waals surface area contributed by atoms with Gasteiger partial charge >= 0.3 is 12.1 Å². The Balaban J connectivity index is 1.89. The van der Waals surface area contributed by atoms with E-state index >= 15 is 0 Å². The van der Waals surface area contributed by atoms with Crippen molar-refractivity contribution in [3.05, 3.63) is 24.3 Å². The van der Waals surface area contributed by atoms with Crippen molar-refractivity contribution in [2.45, 2.75) is 12.5 Å². The summed E-state index contributed by atoms with van der Waals surface area (Å²) in [5.74, 6) is 0.602. The average Bonchev–Trinajstić information content (AvgIpc) is 2.92. The molecule has 9 nitrogen and oxygen atoms in total. The fourth-order valence-electron chi connectivity index (χ4n) is 2.20. The highest BCUT2D eigenvalue weighted by molar-refractivity contribution is 5.96. The Bertz CT molecular complexity index is 589. The Labute approximate surface area is 132 Å². The monoisotopic (exact) mass is 322 g/mol. The molecule has 0 radical (unpaired) electrons. The summed E-state index contributed by atoms with van der Waals surface area (Å²) in [6, 6.07) is 6.09. The molecule has 1 saturated heterocycles.